The predicted octanol–water partition coefficient (Wildman–Crippen LogP) is 7.10. The van der Waals surface area contributed by atoms with Crippen LogP contribution >= 0.6 is 24.1 Å². The van der Waals surface area contributed by atoms with Crippen molar-refractivity contribution in [1.82, 2.24) is 0 Å². The highest BCUT2D eigenvalue weighted by molar-refractivity contribution is 8.07. The van der Waals surface area contributed by atoms with Gasteiger partial charge in [-0.15, -0.1) is 0 Å². The molecule has 0 aliphatic heterocycles. The molecule has 0 amide bonds. The van der Waals surface area contributed by atoms with Crippen LogP contribution in [0.3, 0.4) is 0 Å². The highest BCUT2D eigenvalue weighted by atomic mass is 32.2. The fourth-order valence-electron chi connectivity index (χ4n) is 2.39. The summed E-state index contributed by atoms with van der Waals surface area (Å²) in [5.41, 5.74) is -2.88. The Morgan fingerprint density at radius 1 is 0.655 bits per heavy atom. The summed E-state index contributed by atoms with van der Waals surface area (Å²) in [5, 5.41) is 0. The topological polar surface area (TPSA) is 9.23 Å². The van der Waals surface area contributed by atoms with Crippen LogP contribution in [-0.2, 0) is 28.8 Å². The van der Waals surface area contributed by atoms with E-state index in [0.29, 0.717) is 12.1 Å². The lowest BCUT2D eigenvalue weighted by Crippen LogP contribution is -2.10. The van der Waals surface area contributed by atoms with E-state index in [2.05, 4.69) is 0 Å². The van der Waals surface area contributed by atoms with E-state index < -0.39 is 35.1 Å². The first-order valence-electron chi connectivity index (χ1n) is 8.12. The Morgan fingerprint density at radius 2 is 1.03 bits per heavy atom. The molecule has 2 aromatic rings. The number of hydrogen-bond acceptors (Lipinski definition) is 3. The van der Waals surface area contributed by atoms with Gasteiger partial charge in [0.15, 0.2) is 0 Å². The molecular weight excluding hydrogens is 448 g/mol. The highest BCUT2D eigenvalue weighted by Crippen LogP contribution is 2.34. The van der Waals surface area contributed by atoms with E-state index in [0.717, 1.165) is 36.2 Å². The first-order valence-corrected chi connectivity index (χ1v) is 9.94. The third-order valence-electron chi connectivity index (χ3n) is 3.77. The molecule has 0 radical (unpaired) electrons. The van der Waals surface area contributed by atoms with Crippen LogP contribution in [-0.4, -0.2) is 11.5 Å². The van der Waals surface area contributed by atoms with Crippen molar-refractivity contribution < 1.29 is 38.8 Å². The molecule has 0 bridgehead atoms. The van der Waals surface area contributed by atoms with Gasteiger partial charge in [0.1, 0.15) is 11.6 Å². The zero-order valence-electron chi connectivity index (χ0n) is 14.5. The quantitative estimate of drug-likeness (QED) is 0.235. The van der Waals surface area contributed by atoms with E-state index >= 15 is 0 Å². The van der Waals surface area contributed by atoms with E-state index in [1.54, 1.807) is 0 Å². The number of alkyl halides is 6. The van der Waals surface area contributed by atoms with Crippen molar-refractivity contribution in [3.05, 3.63) is 70.3 Å². The van der Waals surface area contributed by atoms with E-state index in [9.17, 15) is 35.1 Å². The molecule has 0 aliphatic carbocycles. The van der Waals surface area contributed by atoms with Crippen molar-refractivity contribution in [3.63, 3.8) is 0 Å². The molecule has 0 fully saturated rings. The SMILES string of the molecule is Fc1c(CCSOSCCc2cccc(C(F)(F)F)c2F)cccc1C(F)(F)F. The average Bonchev–Trinajstić information content (AvgIpc) is 2.61. The summed E-state index contributed by atoms with van der Waals surface area (Å²) < 4.78 is 109. The maximum Gasteiger partial charge on any atom is 0.419 e. The minimum Gasteiger partial charge on any atom is -0.247 e. The normalized spacial score (nSPS) is 12.4. The van der Waals surface area contributed by atoms with Gasteiger partial charge in [-0.2, -0.15) is 26.3 Å². The van der Waals surface area contributed by atoms with Gasteiger partial charge in [0.25, 0.3) is 0 Å². The van der Waals surface area contributed by atoms with Crippen LogP contribution in [0.15, 0.2) is 36.4 Å². The van der Waals surface area contributed by atoms with Crippen molar-refractivity contribution in [2.75, 3.05) is 11.5 Å². The molecular formula is C18H14F8OS2. The standard InChI is InChI=1S/C18H14F8OS2/c19-15-11(3-1-5-13(15)17(21,22)23)7-9-28-27-29-10-8-12-4-2-6-14(16(12)20)18(24,25)26/h1-6H,7-10H2. The molecule has 0 saturated carbocycles. The second-order valence-corrected chi connectivity index (χ2v) is 7.60. The summed E-state index contributed by atoms with van der Waals surface area (Å²) in [6.07, 6.45) is -9.58. The summed E-state index contributed by atoms with van der Waals surface area (Å²) in [5.74, 6) is -2.34. The molecule has 160 valence electrons. The van der Waals surface area contributed by atoms with Gasteiger partial charge in [-0.1, -0.05) is 24.3 Å². The Balaban J connectivity index is 1.75. The molecule has 2 aromatic carbocycles. The predicted molar refractivity (Wildman–Crippen MR) is 96.2 cm³/mol. The van der Waals surface area contributed by atoms with Crippen LogP contribution in [0, 0.1) is 11.6 Å². The lowest BCUT2D eigenvalue weighted by Gasteiger charge is -2.11. The number of hydrogen-bond donors (Lipinski definition) is 0. The minimum atomic E-state index is -4.78. The van der Waals surface area contributed by atoms with Crippen molar-refractivity contribution in [1.29, 1.82) is 0 Å². The van der Waals surface area contributed by atoms with Crippen molar-refractivity contribution >= 4 is 24.1 Å². The van der Waals surface area contributed by atoms with E-state index in [1.165, 1.54) is 12.1 Å². The van der Waals surface area contributed by atoms with Gasteiger partial charge < -0.3 is 0 Å². The molecule has 0 aromatic heterocycles. The molecule has 11 heteroatoms. The summed E-state index contributed by atoms with van der Waals surface area (Å²) in [6.45, 7) is 0. The monoisotopic (exact) mass is 462 g/mol. The van der Waals surface area contributed by atoms with Gasteiger partial charge in [-0.3, -0.25) is 0 Å². The average molecular weight is 462 g/mol. The maximum absolute atomic E-state index is 13.8. The molecule has 0 spiro atoms. The lowest BCUT2D eigenvalue weighted by molar-refractivity contribution is -0.140. The molecule has 0 heterocycles. The first-order chi connectivity index (χ1) is 13.5. The third-order valence-corrected chi connectivity index (χ3v) is 5.29. The third kappa shape index (κ3) is 6.78. The first kappa shape index (κ1) is 23.8. The van der Waals surface area contributed by atoms with E-state index in [-0.39, 0.29) is 35.5 Å². The van der Waals surface area contributed by atoms with Crippen LogP contribution in [0.2, 0.25) is 0 Å². The van der Waals surface area contributed by atoms with E-state index in [1.807, 2.05) is 0 Å². The molecule has 0 unspecified atom stereocenters. The van der Waals surface area contributed by atoms with Gasteiger partial charge in [-0.25, -0.2) is 12.4 Å². The van der Waals surface area contributed by atoms with Crippen molar-refractivity contribution in [2.45, 2.75) is 25.2 Å². The Bertz CT molecular complexity index is 753. The smallest absolute Gasteiger partial charge is 0.247 e. The molecule has 1 nitrogen and oxygen atoms in total. The van der Waals surface area contributed by atoms with Crippen LogP contribution in [0.4, 0.5) is 35.1 Å². The second kappa shape index (κ2) is 10.0. The van der Waals surface area contributed by atoms with Gasteiger partial charge in [0, 0.05) is 35.6 Å². The molecule has 2 rings (SSSR count). The summed E-state index contributed by atoms with van der Waals surface area (Å²) >= 11 is 1.72. The lowest BCUT2D eigenvalue weighted by atomic mass is 10.1. The summed E-state index contributed by atoms with van der Waals surface area (Å²) in [6, 6.07) is 6.04. The molecule has 0 aliphatic rings. The van der Waals surface area contributed by atoms with Gasteiger partial charge >= 0.3 is 12.4 Å². The summed E-state index contributed by atoms with van der Waals surface area (Å²) in [4.78, 5) is 0. The minimum absolute atomic E-state index is 0.0107. The van der Waals surface area contributed by atoms with Gasteiger partial charge in [0.05, 0.1) is 11.1 Å². The Kier molecular flexibility index (Phi) is 8.24. The Morgan fingerprint density at radius 3 is 1.38 bits per heavy atom. The number of benzene rings is 2. The van der Waals surface area contributed by atoms with Crippen LogP contribution in [0.1, 0.15) is 22.3 Å². The second-order valence-electron chi connectivity index (χ2n) is 5.76. The number of rotatable bonds is 8. The zero-order chi connectivity index (χ0) is 21.7. The maximum atomic E-state index is 13.8. The largest absolute Gasteiger partial charge is 0.419 e. The van der Waals surface area contributed by atoms with Crippen LogP contribution < -0.4 is 0 Å². The zero-order valence-corrected chi connectivity index (χ0v) is 16.2. The number of aryl methyl sites for hydroxylation is 2. The molecule has 29 heavy (non-hydrogen) atoms. The van der Waals surface area contributed by atoms with Crippen molar-refractivity contribution in [2.24, 2.45) is 0 Å². The van der Waals surface area contributed by atoms with Crippen LogP contribution in [0.25, 0.3) is 0 Å². The fraction of sp³-hybridized carbons (Fsp3) is 0.333. The Labute approximate surface area is 170 Å². The van der Waals surface area contributed by atoms with Crippen LogP contribution in [0.5, 0.6) is 0 Å². The Hall–Kier alpha value is -1.46. The van der Waals surface area contributed by atoms with Crippen molar-refractivity contribution in [3.8, 4) is 0 Å². The fourth-order valence-corrected chi connectivity index (χ4v) is 3.81. The van der Waals surface area contributed by atoms with E-state index in [4.69, 9.17) is 3.63 Å². The highest BCUT2D eigenvalue weighted by Gasteiger charge is 2.35. The van der Waals surface area contributed by atoms with Gasteiger partial charge in [0.2, 0.25) is 0 Å². The molecule has 0 saturated heterocycles. The molecule has 0 atom stereocenters. The van der Waals surface area contributed by atoms with Gasteiger partial charge in [-0.05, 0) is 36.1 Å². The molecule has 0 N–H and O–H groups in total. The summed E-state index contributed by atoms with van der Waals surface area (Å²) in [7, 11) is 0. The number of halogens is 8.